The third kappa shape index (κ3) is 3.90. The topological polar surface area (TPSA) is 34.1 Å². The highest BCUT2D eigenvalue weighted by Gasteiger charge is 2.34. The first-order chi connectivity index (χ1) is 11.2. The standard InChI is InChI=1S/C22H34O2/c1-13(2)17-9-7-15(5)19(21(17)23)11-12-20-16(6)8-10-18(14(3)4)22(20)24/h11-18H,7-10H2,1-6H3/b19-11-,20-12+. The highest BCUT2D eigenvalue weighted by Crippen LogP contribution is 2.36. The molecular formula is C22H34O2. The Morgan fingerprint density at radius 3 is 1.33 bits per heavy atom. The number of allylic oxidation sites excluding steroid dienone is 4. The van der Waals surface area contributed by atoms with Gasteiger partial charge in [-0.25, -0.2) is 0 Å². The predicted octanol–water partition coefficient (Wildman–Crippen LogP) is 5.38. The quantitative estimate of drug-likeness (QED) is 0.651. The molecular weight excluding hydrogens is 296 g/mol. The lowest BCUT2D eigenvalue weighted by Gasteiger charge is -2.31. The minimum atomic E-state index is 0.147. The van der Waals surface area contributed by atoms with E-state index in [0.717, 1.165) is 36.8 Å². The molecule has 2 aliphatic rings. The van der Waals surface area contributed by atoms with Crippen molar-refractivity contribution in [2.75, 3.05) is 0 Å². The van der Waals surface area contributed by atoms with Gasteiger partial charge in [-0.15, -0.1) is 0 Å². The fourth-order valence-electron chi connectivity index (χ4n) is 4.29. The third-order valence-electron chi connectivity index (χ3n) is 6.18. The van der Waals surface area contributed by atoms with Gasteiger partial charge in [-0.3, -0.25) is 9.59 Å². The zero-order chi connectivity index (χ0) is 18.0. The first-order valence-corrected chi connectivity index (χ1v) is 9.74. The molecule has 0 aromatic carbocycles. The number of ketones is 2. The number of carbonyl (C=O) groups excluding carboxylic acids is 2. The summed E-state index contributed by atoms with van der Waals surface area (Å²) in [5.41, 5.74) is 1.86. The van der Waals surface area contributed by atoms with Crippen LogP contribution >= 0.6 is 0 Å². The van der Waals surface area contributed by atoms with Crippen molar-refractivity contribution in [3.63, 3.8) is 0 Å². The van der Waals surface area contributed by atoms with Gasteiger partial charge in [0.1, 0.15) is 0 Å². The number of rotatable bonds is 3. The maximum Gasteiger partial charge on any atom is 0.162 e. The molecule has 4 atom stereocenters. The summed E-state index contributed by atoms with van der Waals surface area (Å²) in [6, 6.07) is 0. The normalized spacial score (nSPS) is 35.5. The van der Waals surface area contributed by atoms with E-state index in [-0.39, 0.29) is 11.8 Å². The summed E-state index contributed by atoms with van der Waals surface area (Å²) in [5, 5.41) is 0. The molecule has 24 heavy (non-hydrogen) atoms. The molecule has 0 radical (unpaired) electrons. The van der Waals surface area contributed by atoms with Gasteiger partial charge in [-0.2, -0.15) is 0 Å². The van der Waals surface area contributed by atoms with E-state index in [1.54, 1.807) is 0 Å². The molecule has 4 unspecified atom stereocenters. The van der Waals surface area contributed by atoms with Gasteiger partial charge >= 0.3 is 0 Å². The average Bonchev–Trinajstić information content (AvgIpc) is 2.48. The fraction of sp³-hybridized carbons (Fsp3) is 0.727. The largest absolute Gasteiger partial charge is 0.294 e. The maximum absolute atomic E-state index is 12.8. The Kier molecular flexibility index (Phi) is 6.22. The first-order valence-electron chi connectivity index (χ1n) is 9.74. The van der Waals surface area contributed by atoms with Crippen LogP contribution in [0.1, 0.15) is 67.2 Å². The summed E-state index contributed by atoms with van der Waals surface area (Å²) < 4.78 is 0. The van der Waals surface area contributed by atoms with Crippen molar-refractivity contribution in [1.82, 2.24) is 0 Å². The van der Waals surface area contributed by atoms with Crippen LogP contribution < -0.4 is 0 Å². The van der Waals surface area contributed by atoms with Crippen LogP contribution in [-0.2, 0) is 9.59 Å². The molecule has 0 aromatic rings. The molecule has 2 fully saturated rings. The van der Waals surface area contributed by atoms with Crippen molar-refractivity contribution in [3.8, 4) is 0 Å². The molecule has 2 nitrogen and oxygen atoms in total. The van der Waals surface area contributed by atoms with Gasteiger partial charge in [0.25, 0.3) is 0 Å². The van der Waals surface area contributed by atoms with Crippen LogP contribution in [0.2, 0.25) is 0 Å². The van der Waals surface area contributed by atoms with E-state index in [1.165, 1.54) is 0 Å². The SMILES string of the molecule is CC1CCC(C(C)C)C(=O)/C1=C\C=C1\C(=O)C(C(C)C)CCC1C. The second-order valence-corrected chi connectivity index (χ2v) is 8.63. The van der Waals surface area contributed by atoms with Gasteiger partial charge < -0.3 is 0 Å². The number of carbonyl (C=O) groups is 2. The van der Waals surface area contributed by atoms with Crippen LogP contribution in [0, 0.1) is 35.5 Å². The van der Waals surface area contributed by atoms with Crippen molar-refractivity contribution >= 4 is 11.6 Å². The number of hydrogen-bond donors (Lipinski definition) is 0. The van der Waals surface area contributed by atoms with Crippen molar-refractivity contribution in [3.05, 3.63) is 23.3 Å². The van der Waals surface area contributed by atoms with E-state index in [1.807, 2.05) is 12.2 Å². The molecule has 2 aliphatic carbocycles. The summed E-state index contributed by atoms with van der Waals surface area (Å²) in [5.74, 6) is 2.29. The lowest BCUT2D eigenvalue weighted by atomic mass is 9.72. The highest BCUT2D eigenvalue weighted by atomic mass is 16.1. The summed E-state index contributed by atoms with van der Waals surface area (Å²) >= 11 is 0. The number of hydrogen-bond acceptors (Lipinski definition) is 2. The molecule has 2 saturated carbocycles. The van der Waals surface area contributed by atoms with E-state index in [4.69, 9.17) is 0 Å². The minimum absolute atomic E-state index is 0.147. The summed E-state index contributed by atoms with van der Waals surface area (Å²) in [6.45, 7) is 12.8. The molecule has 0 amide bonds. The first kappa shape index (κ1) is 19.1. The van der Waals surface area contributed by atoms with Crippen LogP contribution in [-0.4, -0.2) is 11.6 Å². The molecule has 0 heterocycles. The second kappa shape index (κ2) is 7.80. The number of Topliss-reactive ketones (excluding diaryl/α,β-unsaturated/α-hetero) is 2. The van der Waals surface area contributed by atoms with E-state index >= 15 is 0 Å². The van der Waals surface area contributed by atoms with Gasteiger partial charge in [0.15, 0.2) is 11.6 Å². The Morgan fingerprint density at radius 1 is 0.708 bits per heavy atom. The molecule has 0 bridgehead atoms. The summed E-state index contributed by atoms with van der Waals surface area (Å²) in [7, 11) is 0. The van der Waals surface area contributed by atoms with Gasteiger partial charge in [-0.1, -0.05) is 53.7 Å². The van der Waals surface area contributed by atoms with Crippen LogP contribution in [0.15, 0.2) is 23.3 Å². The summed E-state index contributed by atoms with van der Waals surface area (Å²) in [6.07, 6.45) is 8.10. The lowest BCUT2D eigenvalue weighted by Crippen LogP contribution is -2.31. The van der Waals surface area contributed by atoms with Crippen LogP contribution in [0.25, 0.3) is 0 Å². The molecule has 0 spiro atoms. The summed E-state index contributed by atoms with van der Waals surface area (Å²) in [4.78, 5) is 25.6. The zero-order valence-electron chi connectivity index (χ0n) is 16.3. The van der Waals surface area contributed by atoms with Gasteiger partial charge in [0.05, 0.1) is 0 Å². The van der Waals surface area contributed by atoms with E-state index in [0.29, 0.717) is 35.2 Å². The Hall–Kier alpha value is -1.18. The molecule has 134 valence electrons. The molecule has 0 aromatic heterocycles. The fourth-order valence-corrected chi connectivity index (χ4v) is 4.29. The molecule has 0 N–H and O–H groups in total. The monoisotopic (exact) mass is 330 g/mol. The second-order valence-electron chi connectivity index (χ2n) is 8.63. The van der Waals surface area contributed by atoms with Crippen LogP contribution in [0.5, 0.6) is 0 Å². The molecule has 0 aliphatic heterocycles. The molecule has 0 saturated heterocycles. The van der Waals surface area contributed by atoms with Crippen molar-refractivity contribution in [2.24, 2.45) is 35.5 Å². The van der Waals surface area contributed by atoms with Gasteiger partial charge in [0.2, 0.25) is 0 Å². The minimum Gasteiger partial charge on any atom is -0.294 e. The average molecular weight is 331 g/mol. The Labute approximate surface area is 147 Å². The zero-order valence-corrected chi connectivity index (χ0v) is 16.3. The Balaban J connectivity index is 2.29. The predicted molar refractivity (Wildman–Crippen MR) is 99.6 cm³/mol. The van der Waals surface area contributed by atoms with Crippen LogP contribution in [0.4, 0.5) is 0 Å². The highest BCUT2D eigenvalue weighted by molar-refractivity contribution is 6.01. The van der Waals surface area contributed by atoms with Gasteiger partial charge in [-0.05, 0) is 60.5 Å². The van der Waals surface area contributed by atoms with E-state index in [2.05, 4.69) is 41.5 Å². The van der Waals surface area contributed by atoms with Crippen molar-refractivity contribution < 1.29 is 9.59 Å². The van der Waals surface area contributed by atoms with Crippen molar-refractivity contribution in [2.45, 2.75) is 67.2 Å². The van der Waals surface area contributed by atoms with E-state index < -0.39 is 0 Å². The molecule has 2 rings (SSSR count). The Morgan fingerprint density at radius 2 is 1.04 bits per heavy atom. The van der Waals surface area contributed by atoms with E-state index in [9.17, 15) is 9.59 Å². The van der Waals surface area contributed by atoms with Crippen LogP contribution in [0.3, 0.4) is 0 Å². The third-order valence-corrected chi connectivity index (χ3v) is 6.18. The lowest BCUT2D eigenvalue weighted by molar-refractivity contribution is -0.123. The smallest absolute Gasteiger partial charge is 0.162 e. The maximum atomic E-state index is 12.8. The molecule has 2 heteroatoms. The van der Waals surface area contributed by atoms with Crippen molar-refractivity contribution in [1.29, 1.82) is 0 Å². The van der Waals surface area contributed by atoms with Gasteiger partial charge in [0, 0.05) is 11.8 Å². The Bertz CT molecular complexity index is 500.